The summed E-state index contributed by atoms with van der Waals surface area (Å²) in [6.07, 6.45) is 11.0. The predicted octanol–water partition coefficient (Wildman–Crippen LogP) is 3.18. The smallest absolute Gasteiger partial charge is 0.317 e. The first-order valence-corrected chi connectivity index (χ1v) is 8.82. The molecule has 0 radical (unpaired) electrons. The molecule has 0 aliphatic carbocycles. The van der Waals surface area contributed by atoms with Crippen LogP contribution in [0.25, 0.3) is 0 Å². The van der Waals surface area contributed by atoms with E-state index >= 15 is 0 Å². The molecule has 1 aliphatic heterocycles. The molecule has 0 bridgehead atoms. The van der Waals surface area contributed by atoms with Crippen LogP contribution in [-0.2, 0) is 0 Å². The number of urea groups is 1. The van der Waals surface area contributed by atoms with E-state index in [9.17, 15) is 4.79 Å². The van der Waals surface area contributed by atoms with Crippen molar-refractivity contribution in [1.82, 2.24) is 20.2 Å². The first-order chi connectivity index (χ1) is 12.3. The van der Waals surface area contributed by atoms with E-state index in [4.69, 9.17) is 4.74 Å². The van der Waals surface area contributed by atoms with Crippen LogP contribution in [0.1, 0.15) is 37.3 Å². The maximum absolute atomic E-state index is 12.6. The van der Waals surface area contributed by atoms with Crippen LogP contribution < -0.4 is 10.1 Å². The zero-order chi connectivity index (χ0) is 17.3. The molecule has 1 fully saturated rings. The molecule has 2 amide bonds. The van der Waals surface area contributed by atoms with Crippen LogP contribution in [0.15, 0.2) is 49.1 Å². The van der Waals surface area contributed by atoms with E-state index in [0.29, 0.717) is 13.2 Å². The van der Waals surface area contributed by atoms with Gasteiger partial charge in [-0.25, -0.2) is 4.79 Å². The van der Waals surface area contributed by atoms with Crippen LogP contribution in [0, 0.1) is 0 Å². The summed E-state index contributed by atoms with van der Waals surface area (Å²) in [6, 6.07) is 7.80. The number of likely N-dealkylation sites (tertiary alicyclic amines) is 1. The van der Waals surface area contributed by atoms with E-state index in [1.165, 1.54) is 0 Å². The highest BCUT2D eigenvalue weighted by Crippen LogP contribution is 2.30. The fourth-order valence-corrected chi connectivity index (χ4v) is 3.09. The predicted molar refractivity (Wildman–Crippen MR) is 95.3 cm³/mol. The van der Waals surface area contributed by atoms with Crippen molar-refractivity contribution in [2.24, 2.45) is 0 Å². The number of carbonyl (C=O) groups excluding carboxylic acids is 1. The van der Waals surface area contributed by atoms with Gasteiger partial charge in [0.1, 0.15) is 5.75 Å². The summed E-state index contributed by atoms with van der Waals surface area (Å²) < 4.78 is 5.59. The maximum Gasteiger partial charge on any atom is 0.317 e. The second-order valence-corrected chi connectivity index (χ2v) is 6.11. The topological polar surface area (TPSA) is 67.3 Å². The Labute approximate surface area is 148 Å². The van der Waals surface area contributed by atoms with Crippen molar-refractivity contribution in [3.8, 4) is 5.75 Å². The summed E-state index contributed by atoms with van der Waals surface area (Å²) in [4.78, 5) is 22.7. The summed E-state index contributed by atoms with van der Waals surface area (Å²) in [7, 11) is 0. The number of nitrogens with one attached hydrogen (secondary N) is 1. The van der Waals surface area contributed by atoms with Gasteiger partial charge in [-0.15, -0.1) is 0 Å². The van der Waals surface area contributed by atoms with Crippen molar-refractivity contribution in [1.29, 1.82) is 0 Å². The summed E-state index contributed by atoms with van der Waals surface area (Å²) >= 11 is 0. The first kappa shape index (κ1) is 17.2. The molecule has 1 aliphatic rings. The van der Waals surface area contributed by atoms with Gasteiger partial charge < -0.3 is 15.0 Å². The van der Waals surface area contributed by atoms with Crippen LogP contribution in [0.3, 0.4) is 0 Å². The Balaban J connectivity index is 1.45. The van der Waals surface area contributed by atoms with Gasteiger partial charge in [0.25, 0.3) is 0 Å². The van der Waals surface area contributed by atoms with Crippen LogP contribution >= 0.6 is 0 Å². The number of piperidine rings is 1. The Morgan fingerprint density at radius 3 is 2.80 bits per heavy atom. The highest BCUT2D eigenvalue weighted by atomic mass is 16.5. The fourth-order valence-electron chi connectivity index (χ4n) is 3.09. The Kier molecular flexibility index (Phi) is 6.20. The van der Waals surface area contributed by atoms with Crippen molar-refractivity contribution in [3.63, 3.8) is 0 Å². The molecule has 1 saturated heterocycles. The normalized spacial score (nSPS) is 17.1. The van der Waals surface area contributed by atoms with Gasteiger partial charge in [-0.3, -0.25) is 9.97 Å². The number of hydrogen-bond acceptors (Lipinski definition) is 4. The molecule has 1 atom stereocenters. The van der Waals surface area contributed by atoms with Gasteiger partial charge in [-0.1, -0.05) is 6.07 Å². The molecule has 0 spiro atoms. The average Bonchev–Trinajstić information content (AvgIpc) is 2.69. The molecule has 0 aromatic carbocycles. The van der Waals surface area contributed by atoms with Gasteiger partial charge in [-0.2, -0.15) is 0 Å². The minimum Gasteiger partial charge on any atom is -0.492 e. The molecular formula is C19H24N4O2. The molecule has 6 heteroatoms. The zero-order valence-electron chi connectivity index (χ0n) is 14.3. The summed E-state index contributed by atoms with van der Waals surface area (Å²) in [6.45, 7) is 1.94. The summed E-state index contributed by atoms with van der Waals surface area (Å²) in [5, 5.41) is 3.01. The molecule has 1 N–H and O–H groups in total. The lowest BCUT2D eigenvalue weighted by molar-refractivity contribution is 0.151. The largest absolute Gasteiger partial charge is 0.492 e. The van der Waals surface area contributed by atoms with Crippen molar-refractivity contribution >= 4 is 6.03 Å². The maximum atomic E-state index is 12.6. The Hall–Kier alpha value is -2.63. The van der Waals surface area contributed by atoms with Crippen molar-refractivity contribution in [3.05, 3.63) is 54.6 Å². The van der Waals surface area contributed by atoms with Crippen molar-refractivity contribution in [2.75, 3.05) is 19.7 Å². The minimum atomic E-state index is -0.00469. The summed E-state index contributed by atoms with van der Waals surface area (Å²) in [5.74, 6) is 0.751. The van der Waals surface area contributed by atoms with Crippen molar-refractivity contribution in [2.45, 2.75) is 31.7 Å². The molecule has 132 valence electrons. The second-order valence-electron chi connectivity index (χ2n) is 6.11. The zero-order valence-corrected chi connectivity index (χ0v) is 14.3. The number of pyridine rings is 2. The van der Waals surface area contributed by atoms with Gasteiger partial charge in [0.15, 0.2) is 0 Å². The number of nitrogens with zero attached hydrogens (tertiary/aromatic N) is 3. The molecular weight excluding hydrogens is 316 g/mol. The van der Waals surface area contributed by atoms with Gasteiger partial charge in [0.05, 0.1) is 18.8 Å². The molecule has 3 rings (SSSR count). The standard InChI is InChI=1S/C19H24N4O2/c24-19(22-11-5-13-25-17-7-4-10-21-15-17)23-12-2-1-8-18(23)16-6-3-9-20-14-16/h3-4,6-7,9-10,14-15,18H,1-2,5,8,11-13H2,(H,22,24). The third-order valence-corrected chi connectivity index (χ3v) is 4.33. The van der Waals surface area contributed by atoms with Gasteiger partial charge in [0.2, 0.25) is 0 Å². The van der Waals surface area contributed by atoms with E-state index < -0.39 is 0 Å². The number of ether oxygens (including phenoxy) is 1. The van der Waals surface area contributed by atoms with Crippen molar-refractivity contribution < 1.29 is 9.53 Å². The first-order valence-electron chi connectivity index (χ1n) is 8.82. The SMILES string of the molecule is O=C(NCCCOc1cccnc1)N1CCCCC1c1cccnc1. The lowest BCUT2D eigenvalue weighted by Crippen LogP contribution is -2.45. The van der Waals surface area contributed by atoms with Crippen LogP contribution in [0.2, 0.25) is 0 Å². The monoisotopic (exact) mass is 340 g/mol. The third kappa shape index (κ3) is 4.92. The van der Waals surface area contributed by atoms with E-state index in [2.05, 4.69) is 15.3 Å². The fraction of sp³-hybridized carbons (Fsp3) is 0.421. The van der Waals surface area contributed by atoms with E-state index in [1.807, 2.05) is 35.4 Å². The molecule has 3 heterocycles. The molecule has 25 heavy (non-hydrogen) atoms. The van der Waals surface area contributed by atoms with Crippen LogP contribution in [0.4, 0.5) is 4.79 Å². The van der Waals surface area contributed by atoms with Gasteiger partial charge >= 0.3 is 6.03 Å². The molecule has 1 unspecified atom stereocenters. The van der Waals surface area contributed by atoms with Gasteiger partial charge in [0, 0.05) is 31.7 Å². The van der Waals surface area contributed by atoms with Crippen LogP contribution in [-0.4, -0.2) is 40.6 Å². The minimum absolute atomic E-state index is 0.00469. The Morgan fingerprint density at radius 2 is 2.04 bits per heavy atom. The number of carbonyl (C=O) groups is 1. The molecule has 2 aromatic rings. The average molecular weight is 340 g/mol. The van der Waals surface area contributed by atoms with Gasteiger partial charge in [-0.05, 0) is 49.4 Å². The van der Waals surface area contributed by atoms with E-state index in [1.54, 1.807) is 18.6 Å². The molecule has 6 nitrogen and oxygen atoms in total. The molecule has 2 aromatic heterocycles. The van der Waals surface area contributed by atoms with E-state index in [0.717, 1.165) is 43.5 Å². The number of hydrogen-bond donors (Lipinski definition) is 1. The van der Waals surface area contributed by atoms with E-state index in [-0.39, 0.29) is 12.1 Å². The Morgan fingerprint density at radius 1 is 1.20 bits per heavy atom. The number of amides is 2. The number of rotatable bonds is 6. The highest BCUT2D eigenvalue weighted by Gasteiger charge is 2.27. The number of aromatic nitrogens is 2. The highest BCUT2D eigenvalue weighted by molar-refractivity contribution is 5.74. The second kappa shape index (κ2) is 9.01. The third-order valence-electron chi connectivity index (χ3n) is 4.33. The lowest BCUT2D eigenvalue weighted by Gasteiger charge is -2.35. The summed E-state index contributed by atoms with van der Waals surface area (Å²) in [5.41, 5.74) is 1.11. The lowest BCUT2D eigenvalue weighted by atomic mass is 9.97. The molecule has 0 saturated carbocycles. The Bertz CT molecular complexity index is 651. The quantitative estimate of drug-likeness (QED) is 0.820. The van der Waals surface area contributed by atoms with Crippen LogP contribution in [0.5, 0.6) is 5.75 Å².